The molecule has 5 nitrogen and oxygen atoms in total. The molecule has 1 aliphatic heterocycles. The Morgan fingerprint density at radius 3 is 3.08 bits per heavy atom. The summed E-state index contributed by atoms with van der Waals surface area (Å²) in [5.41, 5.74) is 7.22. The van der Waals surface area contributed by atoms with E-state index in [2.05, 4.69) is 5.16 Å². The highest BCUT2D eigenvalue weighted by Crippen LogP contribution is 2.15. The number of aromatic nitrogens is 1. The summed E-state index contributed by atoms with van der Waals surface area (Å²) in [5.74, 6) is 0.000556. The molecule has 1 fully saturated rings. The molecule has 0 aromatic carbocycles. The number of nitrogens with two attached hydrogens (primary N) is 1. The minimum Gasteiger partial charge on any atom is -0.364 e. The smallest absolute Gasteiger partial charge is 0.241 e. The Morgan fingerprint density at radius 2 is 2.62 bits per heavy atom. The van der Waals surface area contributed by atoms with Gasteiger partial charge in [-0.2, -0.15) is 0 Å². The van der Waals surface area contributed by atoms with E-state index in [0.29, 0.717) is 13.1 Å². The van der Waals surface area contributed by atoms with Crippen LogP contribution in [-0.2, 0) is 11.3 Å². The Morgan fingerprint density at radius 1 is 1.85 bits per heavy atom. The van der Waals surface area contributed by atoms with Crippen LogP contribution in [0.2, 0.25) is 0 Å². The van der Waals surface area contributed by atoms with Crippen molar-refractivity contribution in [1.29, 1.82) is 0 Å². The average molecular weight is 181 g/mol. The van der Waals surface area contributed by atoms with Crippen molar-refractivity contribution in [2.24, 2.45) is 5.73 Å². The Labute approximate surface area is 75.5 Å². The monoisotopic (exact) mass is 181 g/mol. The Hall–Kier alpha value is -1.36. The summed E-state index contributed by atoms with van der Waals surface area (Å²) in [5, 5.41) is 3.73. The molecule has 70 valence electrons. The number of hydrogen-bond donors (Lipinski definition) is 1. The third-order valence-electron chi connectivity index (χ3n) is 2.26. The zero-order valence-corrected chi connectivity index (χ0v) is 7.36. The van der Waals surface area contributed by atoms with Crippen molar-refractivity contribution in [3.05, 3.63) is 17.5 Å². The van der Waals surface area contributed by atoms with Crippen LogP contribution in [0.1, 0.15) is 11.3 Å². The molecule has 1 aromatic rings. The molecular weight excluding hydrogens is 170 g/mol. The van der Waals surface area contributed by atoms with Gasteiger partial charge in [-0.1, -0.05) is 5.16 Å². The Kier molecular flexibility index (Phi) is 1.81. The standard InChI is InChI=1S/C8H11N3O2/c1-5-6(4-13-10-5)2-11-3-7(9)8(11)12/h4,7H,2-3,9H2,1H3. The van der Waals surface area contributed by atoms with Crippen molar-refractivity contribution in [3.8, 4) is 0 Å². The first-order chi connectivity index (χ1) is 6.18. The molecule has 0 aliphatic carbocycles. The summed E-state index contributed by atoms with van der Waals surface area (Å²) < 4.78 is 4.76. The first kappa shape index (κ1) is 8.25. The topological polar surface area (TPSA) is 72.4 Å². The van der Waals surface area contributed by atoms with E-state index in [9.17, 15) is 4.79 Å². The lowest BCUT2D eigenvalue weighted by Crippen LogP contribution is -2.60. The lowest BCUT2D eigenvalue weighted by molar-refractivity contribution is -0.143. The second kappa shape index (κ2) is 2.85. The van der Waals surface area contributed by atoms with E-state index in [1.807, 2.05) is 6.92 Å². The molecule has 13 heavy (non-hydrogen) atoms. The van der Waals surface area contributed by atoms with Crippen molar-refractivity contribution in [3.63, 3.8) is 0 Å². The molecule has 1 aromatic heterocycles. The molecule has 0 saturated carbocycles. The first-order valence-corrected chi connectivity index (χ1v) is 4.12. The average Bonchev–Trinajstić information content (AvgIpc) is 2.51. The van der Waals surface area contributed by atoms with Crippen LogP contribution in [0.5, 0.6) is 0 Å². The highest BCUT2D eigenvalue weighted by molar-refractivity contribution is 5.87. The van der Waals surface area contributed by atoms with E-state index in [1.165, 1.54) is 0 Å². The van der Waals surface area contributed by atoms with E-state index in [0.717, 1.165) is 11.3 Å². The molecule has 0 bridgehead atoms. The highest BCUT2D eigenvalue weighted by Gasteiger charge is 2.33. The number of nitrogens with zero attached hydrogens (tertiary/aromatic N) is 2. The normalized spacial score (nSPS) is 21.8. The van der Waals surface area contributed by atoms with Gasteiger partial charge in [-0.25, -0.2) is 0 Å². The molecular formula is C8H11N3O2. The highest BCUT2D eigenvalue weighted by atomic mass is 16.5. The van der Waals surface area contributed by atoms with Gasteiger partial charge in [0, 0.05) is 12.1 Å². The lowest BCUT2D eigenvalue weighted by atomic mass is 10.1. The SMILES string of the molecule is Cc1nocc1CN1CC(N)C1=O. The van der Waals surface area contributed by atoms with Gasteiger partial charge in [-0.15, -0.1) is 0 Å². The van der Waals surface area contributed by atoms with Gasteiger partial charge >= 0.3 is 0 Å². The summed E-state index contributed by atoms with van der Waals surface area (Å²) in [6.07, 6.45) is 1.56. The van der Waals surface area contributed by atoms with Gasteiger partial charge in [0.1, 0.15) is 12.3 Å². The number of hydrogen-bond acceptors (Lipinski definition) is 4. The number of aryl methyl sites for hydroxylation is 1. The van der Waals surface area contributed by atoms with E-state index in [4.69, 9.17) is 10.3 Å². The summed E-state index contributed by atoms with van der Waals surface area (Å²) in [4.78, 5) is 12.8. The lowest BCUT2D eigenvalue weighted by Gasteiger charge is -2.35. The molecule has 0 spiro atoms. The van der Waals surface area contributed by atoms with Crippen LogP contribution < -0.4 is 5.73 Å². The number of β-lactam (4-membered cyclic amide) rings is 1. The maximum Gasteiger partial charge on any atom is 0.241 e. The largest absolute Gasteiger partial charge is 0.364 e. The molecule has 2 N–H and O–H groups in total. The summed E-state index contributed by atoms with van der Waals surface area (Å²) in [6.45, 7) is 3.04. The maximum atomic E-state index is 11.1. The molecule has 1 aliphatic rings. The minimum absolute atomic E-state index is 0.000556. The fraction of sp³-hybridized carbons (Fsp3) is 0.500. The van der Waals surface area contributed by atoms with Crippen LogP contribution in [-0.4, -0.2) is 28.6 Å². The fourth-order valence-corrected chi connectivity index (χ4v) is 1.34. The molecule has 1 atom stereocenters. The zero-order chi connectivity index (χ0) is 9.42. The molecule has 1 unspecified atom stereocenters. The van der Waals surface area contributed by atoms with Gasteiger partial charge in [0.25, 0.3) is 0 Å². The summed E-state index contributed by atoms with van der Waals surface area (Å²) >= 11 is 0. The van der Waals surface area contributed by atoms with Crippen molar-refractivity contribution < 1.29 is 9.32 Å². The van der Waals surface area contributed by atoms with Gasteiger partial charge in [0.2, 0.25) is 5.91 Å². The van der Waals surface area contributed by atoms with Crippen LogP contribution in [0.3, 0.4) is 0 Å². The Bertz CT molecular complexity index is 334. The second-order valence-corrected chi connectivity index (χ2v) is 3.25. The van der Waals surface area contributed by atoms with Gasteiger partial charge in [0.05, 0.1) is 12.2 Å². The van der Waals surface area contributed by atoms with Crippen LogP contribution in [0, 0.1) is 6.92 Å². The predicted octanol–water partition coefficient (Wildman–Crippen LogP) is -0.347. The molecule has 2 rings (SSSR count). The van der Waals surface area contributed by atoms with Gasteiger partial charge in [-0.3, -0.25) is 4.79 Å². The number of likely N-dealkylation sites (tertiary alicyclic amines) is 1. The van der Waals surface area contributed by atoms with Crippen LogP contribution in [0.25, 0.3) is 0 Å². The minimum atomic E-state index is -0.305. The van der Waals surface area contributed by atoms with Crippen molar-refractivity contribution in [2.45, 2.75) is 19.5 Å². The number of rotatable bonds is 2. The van der Waals surface area contributed by atoms with Crippen molar-refractivity contribution in [1.82, 2.24) is 10.1 Å². The van der Waals surface area contributed by atoms with Gasteiger partial charge in [-0.05, 0) is 6.92 Å². The van der Waals surface area contributed by atoms with Gasteiger partial charge in [0.15, 0.2) is 0 Å². The molecule has 1 saturated heterocycles. The number of carbonyl (C=O) groups is 1. The van der Waals surface area contributed by atoms with Gasteiger partial charge < -0.3 is 15.2 Å². The fourth-order valence-electron chi connectivity index (χ4n) is 1.34. The van der Waals surface area contributed by atoms with Crippen LogP contribution in [0.4, 0.5) is 0 Å². The van der Waals surface area contributed by atoms with E-state index >= 15 is 0 Å². The number of carbonyl (C=O) groups excluding carboxylic acids is 1. The second-order valence-electron chi connectivity index (χ2n) is 3.25. The zero-order valence-electron chi connectivity index (χ0n) is 7.36. The predicted molar refractivity (Wildman–Crippen MR) is 44.6 cm³/mol. The van der Waals surface area contributed by atoms with E-state index in [1.54, 1.807) is 11.2 Å². The third kappa shape index (κ3) is 1.31. The van der Waals surface area contributed by atoms with E-state index < -0.39 is 0 Å². The first-order valence-electron chi connectivity index (χ1n) is 4.12. The maximum absolute atomic E-state index is 11.1. The summed E-state index contributed by atoms with van der Waals surface area (Å²) in [6, 6.07) is -0.305. The van der Waals surface area contributed by atoms with Crippen molar-refractivity contribution >= 4 is 5.91 Å². The van der Waals surface area contributed by atoms with E-state index in [-0.39, 0.29) is 11.9 Å². The molecule has 5 heteroatoms. The molecule has 0 radical (unpaired) electrons. The number of amides is 1. The molecule has 2 heterocycles. The van der Waals surface area contributed by atoms with Crippen LogP contribution in [0.15, 0.2) is 10.8 Å². The van der Waals surface area contributed by atoms with Crippen molar-refractivity contribution in [2.75, 3.05) is 6.54 Å². The summed E-state index contributed by atoms with van der Waals surface area (Å²) in [7, 11) is 0. The Balaban J connectivity index is 2.00. The quantitative estimate of drug-likeness (QED) is 0.633. The third-order valence-corrected chi connectivity index (χ3v) is 2.26. The molecule has 1 amide bonds. The van der Waals surface area contributed by atoms with Crippen LogP contribution >= 0.6 is 0 Å².